The molecule has 200 valence electrons. The number of aliphatic carboxylic acids is 1. The number of alkyl halides is 3. The topological polar surface area (TPSA) is 66.8 Å². The fourth-order valence-electron chi connectivity index (χ4n) is 4.82. The number of ether oxygens (including phenoxy) is 1. The molecule has 8 heteroatoms. The normalized spacial score (nSPS) is 16.7. The highest BCUT2D eigenvalue weighted by Gasteiger charge is 2.36. The zero-order valence-electron chi connectivity index (χ0n) is 21.5. The second-order valence-corrected chi connectivity index (χ2v) is 10.4. The Morgan fingerprint density at radius 3 is 2.37 bits per heavy atom. The highest BCUT2D eigenvalue weighted by Crippen LogP contribution is 2.38. The minimum absolute atomic E-state index is 0.190. The summed E-state index contributed by atoms with van der Waals surface area (Å²) < 4.78 is 45.6. The number of carbonyl (C=O) groups excluding carboxylic acids is 1. The quantitative estimate of drug-likeness (QED) is 0.365. The molecule has 0 fully saturated rings. The first kappa shape index (κ1) is 27.2. The van der Waals surface area contributed by atoms with E-state index in [-0.39, 0.29) is 17.7 Å². The van der Waals surface area contributed by atoms with Crippen molar-refractivity contribution in [3.63, 3.8) is 0 Å². The lowest BCUT2D eigenvalue weighted by molar-refractivity contribution is -0.139. The summed E-state index contributed by atoms with van der Waals surface area (Å²) in [6.07, 6.45) is -3.31. The Labute approximate surface area is 219 Å². The fraction of sp³-hybridized carbons (Fsp3) is 0.333. The lowest BCUT2D eigenvalue weighted by atomic mass is 9.90. The van der Waals surface area contributed by atoms with Crippen LogP contribution in [-0.2, 0) is 30.4 Å². The van der Waals surface area contributed by atoms with Gasteiger partial charge in [-0.2, -0.15) is 13.2 Å². The second kappa shape index (κ2) is 10.5. The van der Waals surface area contributed by atoms with Gasteiger partial charge in [0.1, 0.15) is 17.9 Å². The Morgan fingerprint density at radius 1 is 1.03 bits per heavy atom. The third-order valence-electron chi connectivity index (χ3n) is 6.69. The van der Waals surface area contributed by atoms with E-state index in [4.69, 9.17) is 4.74 Å². The molecule has 0 aromatic heterocycles. The van der Waals surface area contributed by atoms with Gasteiger partial charge in [0.25, 0.3) is 5.91 Å². The van der Waals surface area contributed by atoms with Gasteiger partial charge in [0.2, 0.25) is 0 Å². The minimum atomic E-state index is -4.54. The SMILES string of the molecule is CC(C)c1ccc(C[C@]2(C)Cc3cc(C(=O)N(CC(=O)O)Cc4cccc(C(F)(F)F)c4)ccc3O2)cc1. The molecule has 38 heavy (non-hydrogen) atoms. The van der Waals surface area contributed by atoms with Crippen molar-refractivity contribution in [3.05, 3.63) is 100 Å². The van der Waals surface area contributed by atoms with E-state index in [1.54, 1.807) is 18.2 Å². The van der Waals surface area contributed by atoms with Gasteiger partial charge in [0, 0.05) is 24.9 Å². The number of hydrogen-bond donors (Lipinski definition) is 1. The first-order valence-corrected chi connectivity index (χ1v) is 12.4. The average Bonchev–Trinajstić information content (AvgIpc) is 3.17. The van der Waals surface area contributed by atoms with Crippen LogP contribution in [-0.4, -0.2) is 34.0 Å². The molecule has 3 aromatic carbocycles. The maximum absolute atomic E-state index is 13.3. The van der Waals surface area contributed by atoms with E-state index in [0.29, 0.717) is 24.5 Å². The van der Waals surface area contributed by atoms with Crippen molar-refractivity contribution >= 4 is 11.9 Å². The van der Waals surface area contributed by atoms with Crippen molar-refractivity contribution in [1.29, 1.82) is 0 Å². The van der Waals surface area contributed by atoms with Crippen LogP contribution < -0.4 is 4.74 Å². The highest BCUT2D eigenvalue weighted by molar-refractivity contribution is 5.96. The first-order valence-electron chi connectivity index (χ1n) is 12.4. The van der Waals surface area contributed by atoms with Crippen molar-refractivity contribution in [2.45, 2.75) is 57.9 Å². The van der Waals surface area contributed by atoms with Crippen LogP contribution in [0.15, 0.2) is 66.7 Å². The van der Waals surface area contributed by atoms with E-state index >= 15 is 0 Å². The van der Waals surface area contributed by atoms with E-state index in [2.05, 4.69) is 38.1 Å². The Kier molecular flexibility index (Phi) is 7.54. The highest BCUT2D eigenvalue weighted by atomic mass is 19.4. The molecule has 1 amide bonds. The van der Waals surface area contributed by atoms with E-state index in [1.807, 2.05) is 6.92 Å². The molecule has 1 heterocycles. The van der Waals surface area contributed by atoms with Crippen molar-refractivity contribution < 1.29 is 32.6 Å². The van der Waals surface area contributed by atoms with Gasteiger partial charge in [-0.05, 0) is 65.4 Å². The molecule has 0 spiro atoms. The predicted molar refractivity (Wildman–Crippen MR) is 137 cm³/mol. The number of fused-ring (bicyclic) bond motifs is 1. The van der Waals surface area contributed by atoms with Crippen LogP contribution in [0, 0.1) is 0 Å². The Morgan fingerprint density at radius 2 is 1.74 bits per heavy atom. The molecular formula is C30H30F3NO4. The molecule has 0 bridgehead atoms. The Hall–Kier alpha value is -3.81. The monoisotopic (exact) mass is 525 g/mol. The molecule has 0 radical (unpaired) electrons. The number of halogens is 3. The van der Waals surface area contributed by atoms with Gasteiger partial charge in [0.15, 0.2) is 0 Å². The van der Waals surface area contributed by atoms with E-state index < -0.39 is 35.8 Å². The molecule has 1 aliphatic heterocycles. The maximum Gasteiger partial charge on any atom is 0.416 e. The molecule has 5 nitrogen and oxygen atoms in total. The molecule has 0 saturated heterocycles. The summed E-state index contributed by atoms with van der Waals surface area (Å²) in [5, 5.41) is 9.36. The molecule has 0 saturated carbocycles. The first-order chi connectivity index (χ1) is 17.8. The number of nitrogens with zero attached hydrogens (tertiary/aromatic N) is 1. The van der Waals surface area contributed by atoms with Gasteiger partial charge < -0.3 is 14.7 Å². The number of carboxylic acids is 1. The Bertz CT molecular complexity index is 1330. The van der Waals surface area contributed by atoms with Crippen molar-refractivity contribution in [3.8, 4) is 5.75 Å². The van der Waals surface area contributed by atoms with E-state index in [1.165, 1.54) is 17.7 Å². The average molecular weight is 526 g/mol. The second-order valence-electron chi connectivity index (χ2n) is 10.4. The number of benzene rings is 3. The van der Waals surface area contributed by atoms with Crippen LogP contribution in [0.25, 0.3) is 0 Å². The summed E-state index contributed by atoms with van der Waals surface area (Å²) >= 11 is 0. The molecule has 1 aliphatic rings. The Balaban J connectivity index is 1.52. The summed E-state index contributed by atoms with van der Waals surface area (Å²) in [5.41, 5.74) is 2.30. The molecule has 0 unspecified atom stereocenters. The summed E-state index contributed by atoms with van der Waals surface area (Å²) in [6, 6.07) is 17.9. The van der Waals surface area contributed by atoms with Gasteiger partial charge in [-0.1, -0.05) is 50.2 Å². The smallest absolute Gasteiger partial charge is 0.416 e. The number of amides is 1. The van der Waals surface area contributed by atoms with E-state index in [0.717, 1.165) is 28.2 Å². The molecule has 0 aliphatic carbocycles. The van der Waals surface area contributed by atoms with Gasteiger partial charge in [-0.3, -0.25) is 9.59 Å². The zero-order valence-corrected chi connectivity index (χ0v) is 21.5. The lowest BCUT2D eigenvalue weighted by Gasteiger charge is -2.24. The summed E-state index contributed by atoms with van der Waals surface area (Å²) in [7, 11) is 0. The van der Waals surface area contributed by atoms with Gasteiger partial charge in [0.05, 0.1) is 5.56 Å². The maximum atomic E-state index is 13.3. The molecule has 4 rings (SSSR count). The van der Waals surface area contributed by atoms with Gasteiger partial charge in [-0.15, -0.1) is 0 Å². The standard InChI is InChI=1S/C30H30F3NO4/c1-19(2)22-9-7-20(8-10-22)15-29(3)16-24-14-23(11-12-26(24)38-29)28(37)34(18-27(35)36)17-21-5-4-6-25(13-21)30(31,32)33/h4-14,19H,15-18H2,1-3H3,(H,35,36)/t29-/m1/s1. The number of carboxylic acid groups (broad SMARTS) is 1. The molecule has 1 atom stereocenters. The van der Waals surface area contributed by atoms with Crippen LogP contribution in [0.5, 0.6) is 5.75 Å². The largest absolute Gasteiger partial charge is 0.487 e. The van der Waals surface area contributed by atoms with Crippen LogP contribution in [0.1, 0.15) is 64.9 Å². The third kappa shape index (κ3) is 6.36. The van der Waals surface area contributed by atoms with Gasteiger partial charge in [-0.25, -0.2) is 0 Å². The summed E-state index contributed by atoms with van der Waals surface area (Å²) in [6.45, 7) is 5.38. The van der Waals surface area contributed by atoms with E-state index in [9.17, 15) is 27.9 Å². The fourth-order valence-corrected chi connectivity index (χ4v) is 4.82. The number of rotatable bonds is 8. The van der Waals surface area contributed by atoms with Crippen molar-refractivity contribution in [2.24, 2.45) is 0 Å². The van der Waals surface area contributed by atoms with Crippen LogP contribution >= 0.6 is 0 Å². The van der Waals surface area contributed by atoms with Crippen molar-refractivity contribution in [2.75, 3.05) is 6.54 Å². The molecular weight excluding hydrogens is 495 g/mol. The van der Waals surface area contributed by atoms with Crippen molar-refractivity contribution in [1.82, 2.24) is 4.90 Å². The van der Waals surface area contributed by atoms with Crippen LogP contribution in [0.2, 0.25) is 0 Å². The molecule has 3 aromatic rings. The summed E-state index contributed by atoms with van der Waals surface area (Å²) in [4.78, 5) is 25.8. The molecule has 1 N–H and O–H groups in total. The number of carbonyl (C=O) groups is 2. The summed E-state index contributed by atoms with van der Waals surface area (Å²) in [5.74, 6) is -0.737. The number of hydrogen-bond acceptors (Lipinski definition) is 3. The van der Waals surface area contributed by atoms with Crippen LogP contribution in [0.4, 0.5) is 13.2 Å². The van der Waals surface area contributed by atoms with Crippen LogP contribution in [0.3, 0.4) is 0 Å². The lowest BCUT2D eigenvalue weighted by Crippen LogP contribution is -2.35. The van der Waals surface area contributed by atoms with Gasteiger partial charge >= 0.3 is 12.1 Å². The zero-order chi connectivity index (χ0) is 27.7. The predicted octanol–water partition coefficient (Wildman–Crippen LogP) is 6.49. The minimum Gasteiger partial charge on any atom is -0.487 e. The third-order valence-corrected chi connectivity index (χ3v) is 6.69.